The van der Waals surface area contributed by atoms with Gasteiger partial charge in [0.1, 0.15) is 5.75 Å². The fourth-order valence-electron chi connectivity index (χ4n) is 4.10. The number of carbonyl (C=O) groups excluding carboxylic acids is 1. The lowest BCUT2D eigenvalue weighted by Crippen LogP contribution is -2.30. The molecule has 4 rings (SSSR count). The van der Waals surface area contributed by atoms with Crippen molar-refractivity contribution in [1.29, 1.82) is 0 Å². The highest BCUT2D eigenvalue weighted by Crippen LogP contribution is 2.25. The number of fused-ring (bicyclic) bond motifs is 1. The minimum Gasteiger partial charge on any atom is -0.497 e. The molecular weight excluding hydrogens is 358 g/mol. The first-order valence-corrected chi connectivity index (χ1v) is 10.3. The number of hydrogen-bond donors (Lipinski definition) is 1. The van der Waals surface area contributed by atoms with Crippen molar-refractivity contribution in [3.8, 4) is 5.75 Å². The zero-order chi connectivity index (χ0) is 20.1. The first-order chi connectivity index (χ1) is 14.2. The van der Waals surface area contributed by atoms with E-state index >= 15 is 0 Å². The summed E-state index contributed by atoms with van der Waals surface area (Å²) in [6.07, 6.45) is 5.20. The van der Waals surface area contributed by atoms with Gasteiger partial charge in [0, 0.05) is 0 Å². The molecule has 0 spiro atoms. The van der Waals surface area contributed by atoms with Gasteiger partial charge in [0.15, 0.2) is 0 Å². The van der Waals surface area contributed by atoms with Gasteiger partial charge in [-0.1, -0.05) is 60.7 Å². The highest BCUT2D eigenvalue weighted by molar-refractivity contribution is 5.79. The Kier molecular flexibility index (Phi) is 5.95. The van der Waals surface area contributed by atoms with Gasteiger partial charge in [-0.3, -0.25) is 4.79 Å². The summed E-state index contributed by atoms with van der Waals surface area (Å²) in [7, 11) is 1.66. The lowest BCUT2D eigenvalue weighted by molar-refractivity contribution is -0.120. The third-order valence-electron chi connectivity index (χ3n) is 5.66. The van der Waals surface area contributed by atoms with Crippen molar-refractivity contribution in [1.82, 2.24) is 5.32 Å². The van der Waals surface area contributed by atoms with Crippen LogP contribution in [0.15, 0.2) is 72.8 Å². The van der Waals surface area contributed by atoms with Crippen LogP contribution in [0, 0.1) is 0 Å². The van der Waals surface area contributed by atoms with Crippen molar-refractivity contribution in [3.63, 3.8) is 0 Å². The number of methoxy groups -OCH3 is 1. The van der Waals surface area contributed by atoms with E-state index in [-0.39, 0.29) is 11.9 Å². The van der Waals surface area contributed by atoms with Crippen LogP contribution >= 0.6 is 0 Å². The molecule has 29 heavy (non-hydrogen) atoms. The molecule has 3 aromatic rings. The van der Waals surface area contributed by atoms with E-state index in [0.29, 0.717) is 6.42 Å². The van der Waals surface area contributed by atoms with Gasteiger partial charge in [-0.05, 0) is 65.6 Å². The smallest absolute Gasteiger partial charge is 0.225 e. The molecule has 1 aliphatic rings. The number of amides is 1. The van der Waals surface area contributed by atoms with E-state index < -0.39 is 0 Å². The molecule has 1 atom stereocenters. The first-order valence-electron chi connectivity index (χ1n) is 10.3. The summed E-state index contributed by atoms with van der Waals surface area (Å²) in [5.74, 6) is 0.839. The van der Waals surface area contributed by atoms with E-state index in [1.165, 1.54) is 24.0 Å². The highest BCUT2D eigenvalue weighted by atomic mass is 16.5. The van der Waals surface area contributed by atoms with Crippen molar-refractivity contribution in [2.75, 3.05) is 7.11 Å². The molecule has 3 heteroatoms. The van der Waals surface area contributed by atoms with Crippen molar-refractivity contribution in [3.05, 3.63) is 101 Å². The average Bonchev–Trinajstić information content (AvgIpc) is 2.78. The molecule has 0 saturated carbocycles. The van der Waals surface area contributed by atoms with E-state index in [0.717, 1.165) is 35.3 Å². The van der Waals surface area contributed by atoms with Crippen LogP contribution in [0.5, 0.6) is 5.75 Å². The average molecular weight is 386 g/mol. The van der Waals surface area contributed by atoms with Crippen LogP contribution in [0.4, 0.5) is 0 Å². The predicted octanol–water partition coefficient (Wildman–Crippen LogP) is 5.02. The zero-order valence-electron chi connectivity index (χ0n) is 16.9. The minimum atomic E-state index is -0.188. The van der Waals surface area contributed by atoms with Crippen molar-refractivity contribution >= 4 is 5.91 Å². The fourth-order valence-corrected chi connectivity index (χ4v) is 4.10. The topological polar surface area (TPSA) is 38.3 Å². The Labute approximate surface area is 172 Å². The van der Waals surface area contributed by atoms with Crippen molar-refractivity contribution in [2.45, 2.75) is 38.1 Å². The number of rotatable bonds is 6. The molecule has 3 nitrogen and oxygen atoms in total. The maximum absolute atomic E-state index is 12.9. The van der Waals surface area contributed by atoms with E-state index in [4.69, 9.17) is 4.74 Å². The SMILES string of the molecule is COc1ccc(C(NC(=O)Cc2ccc3c(c2)CCCC3)c2ccccc2)cc1. The van der Waals surface area contributed by atoms with Gasteiger partial charge in [-0.2, -0.15) is 0 Å². The van der Waals surface area contributed by atoms with Crippen LogP contribution in [0.3, 0.4) is 0 Å². The molecule has 0 fully saturated rings. The maximum atomic E-state index is 12.9. The molecule has 0 bridgehead atoms. The molecule has 148 valence electrons. The summed E-state index contributed by atoms with van der Waals surface area (Å²) in [5, 5.41) is 3.24. The minimum absolute atomic E-state index is 0.0328. The van der Waals surface area contributed by atoms with Crippen LogP contribution < -0.4 is 10.1 Å². The van der Waals surface area contributed by atoms with Crippen LogP contribution in [0.1, 0.15) is 46.7 Å². The molecule has 0 heterocycles. The maximum Gasteiger partial charge on any atom is 0.225 e. The van der Waals surface area contributed by atoms with Crippen LogP contribution in [-0.2, 0) is 24.1 Å². The Bertz CT molecular complexity index is 964. The number of nitrogens with one attached hydrogen (secondary N) is 1. The first kappa shape index (κ1) is 19.3. The van der Waals surface area contributed by atoms with Gasteiger partial charge in [-0.25, -0.2) is 0 Å². The summed E-state index contributed by atoms with van der Waals surface area (Å²) in [6, 6.07) is 24.3. The normalized spacial score (nSPS) is 14.0. The Morgan fingerprint density at radius 2 is 1.59 bits per heavy atom. The predicted molar refractivity (Wildman–Crippen MR) is 116 cm³/mol. The second kappa shape index (κ2) is 8.95. The third kappa shape index (κ3) is 4.68. The molecule has 1 aliphatic carbocycles. The van der Waals surface area contributed by atoms with Gasteiger partial charge in [0.25, 0.3) is 0 Å². The molecule has 0 aliphatic heterocycles. The Balaban J connectivity index is 1.53. The lowest BCUT2D eigenvalue weighted by atomic mass is 9.90. The number of benzene rings is 3. The quantitative estimate of drug-likeness (QED) is 0.647. The molecule has 3 aromatic carbocycles. The van der Waals surface area contributed by atoms with Gasteiger partial charge in [-0.15, -0.1) is 0 Å². The standard InChI is InChI=1S/C26H27NO2/c1-29-24-15-13-22(14-16-24)26(21-8-3-2-4-9-21)27-25(28)18-19-11-12-20-7-5-6-10-23(20)17-19/h2-4,8-9,11-17,26H,5-7,10,18H2,1H3,(H,27,28). The number of hydrogen-bond acceptors (Lipinski definition) is 2. The largest absolute Gasteiger partial charge is 0.497 e. The Morgan fingerprint density at radius 3 is 2.31 bits per heavy atom. The summed E-state index contributed by atoms with van der Waals surface area (Å²) in [6.45, 7) is 0. The van der Waals surface area contributed by atoms with Crippen LogP contribution in [-0.4, -0.2) is 13.0 Å². The molecule has 1 unspecified atom stereocenters. The second-order valence-electron chi connectivity index (χ2n) is 7.67. The van der Waals surface area contributed by atoms with E-state index in [1.807, 2.05) is 54.6 Å². The molecule has 1 N–H and O–H groups in total. The summed E-state index contributed by atoms with van der Waals surface area (Å²) < 4.78 is 5.27. The number of carbonyl (C=O) groups is 1. The summed E-state index contributed by atoms with van der Waals surface area (Å²) in [5.41, 5.74) is 6.05. The lowest BCUT2D eigenvalue weighted by Gasteiger charge is -2.21. The zero-order valence-corrected chi connectivity index (χ0v) is 16.9. The van der Waals surface area contributed by atoms with E-state index in [2.05, 4.69) is 23.5 Å². The second-order valence-corrected chi connectivity index (χ2v) is 7.67. The van der Waals surface area contributed by atoms with Gasteiger partial charge in [0.2, 0.25) is 5.91 Å². The van der Waals surface area contributed by atoms with Crippen molar-refractivity contribution < 1.29 is 9.53 Å². The number of aryl methyl sites for hydroxylation is 2. The molecule has 0 saturated heterocycles. The molecular formula is C26H27NO2. The highest BCUT2D eigenvalue weighted by Gasteiger charge is 2.18. The third-order valence-corrected chi connectivity index (χ3v) is 5.66. The van der Waals surface area contributed by atoms with Crippen LogP contribution in [0.2, 0.25) is 0 Å². The molecule has 0 radical (unpaired) electrons. The Hall–Kier alpha value is -3.07. The fraction of sp³-hybridized carbons (Fsp3) is 0.269. The van der Waals surface area contributed by atoms with Gasteiger partial charge >= 0.3 is 0 Å². The van der Waals surface area contributed by atoms with Gasteiger partial charge < -0.3 is 10.1 Å². The van der Waals surface area contributed by atoms with E-state index in [9.17, 15) is 4.79 Å². The Morgan fingerprint density at radius 1 is 0.897 bits per heavy atom. The summed E-state index contributed by atoms with van der Waals surface area (Å²) >= 11 is 0. The molecule has 0 aromatic heterocycles. The molecule has 1 amide bonds. The summed E-state index contributed by atoms with van der Waals surface area (Å²) in [4.78, 5) is 12.9. The monoisotopic (exact) mass is 385 g/mol. The number of ether oxygens (including phenoxy) is 1. The van der Waals surface area contributed by atoms with E-state index in [1.54, 1.807) is 7.11 Å². The van der Waals surface area contributed by atoms with Gasteiger partial charge in [0.05, 0.1) is 19.6 Å². The van der Waals surface area contributed by atoms with Crippen molar-refractivity contribution in [2.24, 2.45) is 0 Å². The van der Waals surface area contributed by atoms with Crippen LogP contribution in [0.25, 0.3) is 0 Å².